The molecule has 1 rings (SSSR count). The summed E-state index contributed by atoms with van der Waals surface area (Å²) in [6.45, 7) is 2.00. The molecule has 0 aliphatic heterocycles. The monoisotopic (exact) mass is 354 g/mol. The Balaban J connectivity index is 2.62. The molecule has 0 aromatic heterocycles. The van der Waals surface area contributed by atoms with Gasteiger partial charge in [0.15, 0.2) is 9.84 Å². The van der Waals surface area contributed by atoms with Gasteiger partial charge in [-0.3, -0.25) is 0 Å². The van der Waals surface area contributed by atoms with Gasteiger partial charge in [0.1, 0.15) is 12.4 Å². The van der Waals surface area contributed by atoms with Crippen molar-refractivity contribution in [2.24, 2.45) is 0 Å². The second-order valence-electron chi connectivity index (χ2n) is 3.85. The molecule has 1 aromatic rings. The quantitative estimate of drug-likeness (QED) is 0.704. The average molecular weight is 356 g/mol. The second-order valence-corrected chi connectivity index (χ2v) is 7.12. The van der Waals surface area contributed by atoms with Crippen molar-refractivity contribution in [3.8, 4) is 5.75 Å². The molecule has 0 unspecified atom stereocenters. The third kappa shape index (κ3) is 4.78. The highest BCUT2D eigenvalue weighted by molar-refractivity contribution is 9.08. The van der Waals surface area contributed by atoms with Gasteiger partial charge >= 0.3 is 0 Å². The van der Waals surface area contributed by atoms with Crippen LogP contribution in [-0.4, -0.2) is 26.5 Å². The van der Waals surface area contributed by atoms with Gasteiger partial charge in [-0.25, -0.2) is 8.42 Å². The number of rotatable bonds is 7. The minimum Gasteiger partial charge on any atom is -0.492 e. The van der Waals surface area contributed by atoms with Gasteiger partial charge in [-0.2, -0.15) is 0 Å². The first-order valence-corrected chi connectivity index (χ1v) is 8.99. The molecule has 0 spiro atoms. The molecule has 0 aliphatic carbocycles. The Morgan fingerprint density at radius 1 is 1.33 bits per heavy atom. The Hall–Kier alpha value is -0.260. The Kier molecular flexibility index (Phi) is 6.46. The molecule has 6 heteroatoms. The van der Waals surface area contributed by atoms with Crippen molar-refractivity contribution in [1.29, 1.82) is 0 Å². The number of alkyl halides is 1. The second kappa shape index (κ2) is 7.36. The summed E-state index contributed by atoms with van der Waals surface area (Å²) >= 11 is 9.35. The number of ether oxygens (including phenoxy) is 1. The van der Waals surface area contributed by atoms with Gasteiger partial charge in [0.25, 0.3) is 0 Å². The van der Waals surface area contributed by atoms with Gasteiger partial charge in [-0.15, -0.1) is 0 Å². The molecule has 0 N–H and O–H groups in total. The number of hydrogen-bond donors (Lipinski definition) is 0. The lowest BCUT2D eigenvalue weighted by molar-refractivity contribution is 0.338. The van der Waals surface area contributed by atoms with Gasteiger partial charge in [0, 0.05) is 15.9 Å². The molecule has 102 valence electrons. The van der Waals surface area contributed by atoms with Gasteiger partial charge < -0.3 is 4.74 Å². The van der Waals surface area contributed by atoms with Crippen molar-refractivity contribution in [3.05, 3.63) is 28.8 Å². The molecule has 0 saturated carbocycles. The van der Waals surface area contributed by atoms with Crippen molar-refractivity contribution >= 4 is 37.4 Å². The summed E-state index contributed by atoms with van der Waals surface area (Å²) < 4.78 is 28.6. The summed E-state index contributed by atoms with van der Waals surface area (Å²) in [5.41, 5.74) is 0.840. The first kappa shape index (κ1) is 15.8. The van der Waals surface area contributed by atoms with Crippen LogP contribution in [0.2, 0.25) is 5.02 Å². The van der Waals surface area contributed by atoms with Crippen LogP contribution in [0.5, 0.6) is 5.75 Å². The SMILES string of the molecule is CCCS(=O)(=O)CCOc1cccc(Cl)c1CBr. The van der Waals surface area contributed by atoms with Crippen LogP contribution in [0.4, 0.5) is 0 Å². The molecule has 18 heavy (non-hydrogen) atoms. The van der Waals surface area contributed by atoms with E-state index in [1.165, 1.54) is 0 Å². The number of hydrogen-bond acceptors (Lipinski definition) is 3. The number of sulfone groups is 1. The summed E-state index contributed by atoms with van der Waals surface area (Å²) in [6, 6.07) is 5.35. The predicted molar refractivity (Wildman–Crippen MR) is 78.5 cm³/mol. The third-order valence-electron chi connectivity index (χ3n) is 2.38. The van der Waals surface area contributed by atoms with E-state index in [1.54, 1.807) is 18.2 Å². The third-order valence-corrected chi connectivity index (χ3v) is 5.11. The number of benzene rings is 1. The highest BCUT2D eigenvalue weighted by Crippen LogP contribution is 2.28. The highest BCUT2D eigenvalue weighted by Gasteiger charge is 2.11. The summed E-state index contributed by atoms with van der Waals surface area (Å²) in [7, 11) is -3.00. The maximum atomic E-state index is 11.5. The molecule has 1 aromatic carbocycles. The van der Waals surface area contributed by atoms with E-state index >= 15 is 0 Å². The largest absolute Gasteiger partial charge is 0.492 e. The lowest BCUT2D eigenvalue weighted by Gasteiger charge is -2.11. The summed E-state index contributed by atoms with van der Waals surface area (Å²) in [5.74, 6) is 0.873. The van der Waals surface area contributed by atoms with Crippen LogP contribution in [0, 0.1) is 0 Å². The van der Waals surface area contributed by atoms with Crippen LogP contribution in [0.25, 0.3) is 0 Å². The van der Waals surface area contributed by atoms with Gasteiger partial charge in [-0.1, -0.05) is 40.5 Å². The summed E-state index contributed by atoms with van der Waals surface area (Å²) in [6.07, 6.45) is 0.631. The van der Waals surface area contributed by atoms with Crippen molar-refractivity contribution in [2.75, 3.05) is 18.1 Å². The van der Waals surface area contributed by atoms with E-state index in [4.69, 9.17) is 16.3 Å². The molecule has 0 atom stereocenters. The normalized spacial score (nSPS) is 11.5. The topological polar surface area (TPSA) is 43.4 Å². The molecule has 0 aliphatic rings. The first-order chi connectivity index (χ1) is 8.50. The first-order valence-electron chi connectivity index (χ1n) is 5.66. The van der Waals surface area contributed by atoms with Crippen molar-refractivity contribution in [2.45, 2.75) is 18.7 Å². The minimum atomic E-state index is -3.00. The van der Waals surface area contributed by atoms with E-state index in [2.05, 4.69) is 15.9 Å². The van der Waals surface area contributed by atoms with Gasteiger partial charge in [0.05, 0.1) is 11.5 Å². The van der Waals surface area contributed by atoms with Gasteiger partial charge in [-0.05, 0) is 18.6 Å². The van der Waals surface area contributed by atoms with E-state index in [-0.39, 0.29) is 18.1 Å². The lowest BCUT2D eigenvalue weighted by Crippen LogP contribution is -2.17. The maximum Gasteiger partial charge on any atom is 0.153 e. The smallest absolute Gasteiger partial charge is 0.153 e. The van der Waals surface area contributed by atoms with Crippen LogP contribution >= 0.6 is 27.5 Å². The van der Waals surface area contributed by atoms with Gasteiger partial charge in [0.2, 0.25) is 0 Å². The van der Waals surface area contributed by atoms with E-state index in [9.17, 15) is 8.42 Å². The Morgan fingerprint density at radius 2 is 2.06 bits per heavy atom. The minimum absolute atomic E-state index is 0.0368. The fourth-order valence-corrected chi connectivity index (χ4v) is 3.63. The molecule has 0 radical (unpaired) electrons. The average Bonchev–Trinajstić information content (AvgIpc) is 2.29. The molecule has 0 saturated heterocycles. The zero-order valence-corrected chi connectivity index (χ0v) is 13.3. The molecular formula is C12H16BrClO3S. The van der Waals surface area contributed by atoms with Crippen molar-refractivity contribution in [1.82, 2.24) is 0 Å². The van der Waals surface area contributed by atoms with Crippen molar-refractivity contribution in [3.63, 3.8) is 0 Å². The zero-order chi connectivity index (χ0) is 13.6. The van der Waals surface area contributed by atoms with Crippen LogP contribution in [0.3, 0.4) is 0 Å². The summed E-state index contributed by atoms with van der Waals surface area (Å²) in [5, 5.41) is 1.18. The van der Waals surface area contributed by atoms with Crippen LogP contribution in [0.1, 0.15) is 18.9 Å². The van der Waals surface area contributed by atoms with E-state index < -0.39 is 9.84 Å². The van der Waals surface area contributed by atoms with Crippen LogP contribution in [-0.2, 0) is 15.2 Å². The number of halogens is 2. The summed E-state index contributed by atoms with van der Waals surface area (Å²) in [4.78, 5) is 0. The van der Waals surface area contributed by atoms with E-state index in [1.807, 2.05) is 6.92 Å². The molecule has 3 nitrogen and oxygen atoms in total. The van der Waals surface area contributed by atoms with Crippen LogP contribution < -0.4 is 4.74 Å². The Bertz CT molecular complexity index is 488. The van der Waals surface area contributed by atoms with E-state index in [0.29, 0.717) is 22.5 Å². The molecule has 0 fully saturated rings. The zero-order valence-electron chi connectivity index (χ0n) is 10.2. The Morgan fingerprint density at radius 3 is 2.67 bits per heavy atom. The molecule has 0 heterocycles. The van der Waals surface area contributed by atoms with Crippen molar-refractivity contribution < 1.29 is 13.2 Å². The van der Waals surface area contributed by atoms with Crippen LogP contribution in [0.15, 0.2) is 18.2 Å². The maximum absolute atomic E-state index is 11.5. The predicted octanol–water partition coefficient (Wildman–Crippen LogP) is 3.44. The molecular weight excluding hydrogens is 340 g/mol. The molecule has 0 amide bonds. The highest BCUT2D eigenvalue weighted by atomic mass is 79.9. The lowest BCUT2D eigenvalue weighted by atomic mass is 10.2. The fourth-order valence-electron chi connectivity index (χ4n) is 1.50. The standard InChI is InChI=1S/C12H16BrClO3S/c1-2-7-18(15,16)8-6-17-12-5-3-4-11(14)10(12)9-13/h3-5H,2,6-9H2,1H3. The van der Waals surface area contributed by atoms with E-state index in [0.717, 1.165) is 5.56 Å². The fraction of sp³-hybridized carbons (Fsp3) is 0.500. The Labute approximate surface area is 122 Å². The molecule has 0 bridgehead atoms.